The van der Waals surface area contributed by atoms with Crippen molar-refractivity contribution in [2.24, 2.45) is 0 Å². The summed E-state index contributed by atoms with van der Waals surface area (Å²) in [5.41, 5.74) is 3.62. The zero-order chi connectivity index (χ0) is 22.5. The molecule has 2 amide bonds. The Kier molecular flexibility index (Phi) is 6.40. The largest absolute Gasteiger partial charge is 0.497 e. The van der Waals surface area contributed by atoms with Gasteiger partial charge in [-0.15, -0.1) is 0 Å². The molecule has 0 spiro atoms. The van der Waals surface area contributed by atoms with Gasteiger partial charge in [-0.05, 0) is 66.9 Å². The molecule has 0 radical (unpaired) electrons. The second kappa shape index (κ2) is 9.56. The van der Waals surface area contributed by atoms with Crippen molar-refractivity contribution in [2.45, 2.75) is 19.9 Å². The van der Waals surface area contributed by atoms with Crippen LogP contribution in [0.25, 0.3) is 0 Å². The number of nitrogens with zero attached hydrogens (tertiary/aromatic N) is 1. The molecule has 32 heavy (non-hydrogen) atoms. The number of nitrogens with one attached hydrogen (secondary N) is 1. The number of hydrogen-bond donors (Lipinski definition) is 1. The lowest BCUT2D eigenvalue weighted by Crippen LogP contribution is -2.29. The van der Waals surface area contributed by atoms with Crippen LogP contribution in [0.1, 0.15) is 38.8 Å². The molecule has 6 nitrogen and oxygen atoms in total. The quantitative estimate of drug-likeness (QED) is 0.581. The molecule has 4 rings (SSSR count). The highest BCUT2D eigenvalue weighted by molar-refractivity contribution is 6.16. The van der Waals surface area contributed by atoms with Gasteiger partial charge in [0.05, 0.1) is 31.4 Å². The van der Waals surface area contributed by atoms with Crippen LogP contribution in [0.5, 0.6) is 11.5 Å². The normalized spacial score (nSPS) is 12.4. The van der Waals surface area contributed by atoms with Crippen LogP contribution in [0.3, 0.4) is 0 Å². The molecule has 0 unspecified atom stereocenters. The Morgan fingerprint density at radius 3 is 2.41 bits per heavy atom. The van der Waals surface area contributed by atoms with E-state index in [0.717, 1.165) is 28.3 Å². The number of anilines is 1. The summed E-state index contributed by atoms with van der Waals surface area (Å²) in [6.07, 6.45) is 0.694. The molecule has 3 aromatic rings. The molecule has 0 saturated carbocycles. The Balaban J connectivity index is 1.43. The zero-order valence-corrected chi connectivity index (χ0v) is 18.3. The Morgan fingerprint density at radius 2 is 1.72 bits per heavy atom. The minimum atomic E-state index is -0.238. The van der Waals surface area contributed by atoms with Crippen LogP contribution < -0.4 is 19.7 Å². The molecule has 0 saturated heterocycles. The van der Waals surface area contributed by atoms with Gasteiger partial charge in [0.2, 0.25) is 0 Å². The van der Waals surface area contributed by atoms with Crippen LogP contribution in [0.15, 0.2) is 66.7 Å². The fraction of sp³-hybridized carbons (Fsp3) is 0.231. The Bertz CT molecular complexity index is 1110. The van der Waals surface area contributed by atoms with Crippen molar-refractivity contribution in [3.63, 3.8) is 0 Å². The summed E-state index contributed by atoms with van der Waals surface area (Å²) in [6.45, 7) is 3.50. The number of carbonyl (C=O) groups excluding carboxylic acids is 2. The van der Waals surface area contributed by atoms with Gasteiger partial charge in [-0.3, -0.25) is 9.59 Å². The van der Waals surface area contributed by atoms with Gasteiger partial charge >= 0.3 is 0 Å². The van der Waals surface area contributed by atoms with E-state index in [1.165, 1.54) is 0 Å². The molecule has 1 heterocycles. The molecule has 0 fully saturated rings. The smallest absolute Gasteiger partial charge is 0.259 e. The van der Waals surface area contributed by atoms with Crippen molar-refractivity contribution in [1.82, 2.24) is 5.32 Å². The van der Waals surface area contributed by atoms with Crippen LogP contribution in [0, 0.1) is 0 Å². The molecule has 6 heteroatoms. The summed E-state index contributed by atoms with van der Waals surface area (Å²) in [5.74, 6) is 1.16. The number of methoxy groups -OCH3 is 1. The summed E-state index contributed by atoms with van der Waals surface area (Å²) in [7, 11) is 1.60. The maximum absolute atomic E-state index is 13.2. The third kappa shape index (κ3) is 4.44. The molecule has 0 bridgehead atoms. The lowest BCUT2D eigenvalue weighted by atomic mass is 10.0. The Morgan fingerprint density at radius 1 is 1.00 bits per heavy atom. The van der Waals surface area contributed by atoms with Crippen molar-refractivity contribution >= 4 is 17.5 Å². The Labute approximate surface area is 187 Å². The van der Waals surface area contributed by atoms with E-state index in [1.807, 2.05) is 67.6 Å². The number of amides is 2. The highest BCUT2D eigenvalue weighted by atomic mass is 16.5. The maximum Gasteiger partial charge on any atom is 0.259 e. The fourth-order valence-electron chi connectivity index (χ4n) is 3.86. The second-order valence-electron chi connectivity index (χ2n) is 7.51. The van der Waals surface area contributed by atoms with Gasteiger partial charge in [-0.1, -0.05) is 24.3 Å². The van der Waals surface area contributed by atoms with E-state index in [2.05, 4.69) is 5.32 Å². The van der Waals surface area contributed by atoms with E-state index >= 15 is 0 Å². The van der Waals surface area contributed by atoms with Gasteiger partial charge in [-0.2, -0.15) is 0 Å². The van der Waals surface area contributed by atoms with Crippen LogP contribution in [-0.4, -0.2) is 32.1 Å². The first kappa shape index (κ1) is 21.4. The van der Waals surface area contributed by atoms with Gasteiger partial charge in [0.15, 0.2) is 0 Å². The van der Waals surface area contributed by atoms with Crippen LogP contribution in [0.4, 0.5) is 5.69 Å². The number of hydrogen-bond acceptors (Lipinski definition) is 4. The topological polar surface area (TPSA) is 67.9 Å². The highest BCUT2D eigenvalue weighted by Crippen LogP contribution is 2.31. The van der Waals surface area contributed by atoms with Crippen molar-refractivity contribution in [3.8, 4) is 11.5 Å². The first-order chi connectivity index (χ1) is 15.6. The van der Waals surface area contributed by atoms with E-state index in [9.17, 15) is 9.59 Å². The molecule has 3 aromatic carbocycles. The standard InChI is InChI=1S/C26H26N2O4/c1-3-32-22-11-7-18(8-12-22)15-16-27-25(29)23-6-4-5-19-17-28(26(30)24(19)23)20-9-13-21(31-2)14-10-20/h4-14H,3,15-17H2,1-2H3,(H,27,29). The molecule has 0 aliphatic carbocycles. The van der Waals surface area contributed by atoms with E-state index in [1.54, 1.807) is 18.1 Å². The first-order valence-corrected chi connectivity index (χ1v) is 10.7. The van der Waals surface area contributed by atoms with Crippen molar-refractivity contribution in [1.29, 1.82) is 0 Å². The first-order valence-electron chi connectivity index (χ1n) is 10.7. The average Bonchev–Trinajstić information content (AvgIpc) is 3.17. The van der Waals surface area contributed by atoms with Crippen molar-refractivity contribution in [2.75, 3.05) is 25.2 Å². The number of carbonyl (C=O) groups is 2. The van der Waals surface area contributed by atoms with E-state index < -0.39 is 0 Å². The monoisotopic (exact) mass is 430 g/mol. The Hall–Kier alpha value is -3.80. The van der Waals surface area contributed by atoms with Crippen LogP contribution >= 0.6 is 0 Å². The lowest BCUT2D eigenvalue weighted by molar-refractivity contribution is 0.0937. The molecular weight excluding hydrogens is 404 g/mol. The van der Waals surface area contributed by atoms with Gasteiger partial charge in [0.25, 0.3) is 11.8 Å². The summed E-state index contributed by atoms with van der Waals surface area (Å²) in [4.78, 5) is 27.7. The predicted molar refractivity (Wildman–Crippen MR) is 124 cm³/mol. The van der Waals surface area contributed by atoms with Crippen molar-refractivity contribution in [3.05, 3.63) is 89.0 Å². The highest BCUT2D eigenvalue weighted by Gasteiger charge is 2.32. The van der Waals surface area contributed by atoms with Gasteiger partial charge in [0.1, 0.15) is 11.5 Å². The SMILES string of the molecule is CCOc1ccc(CCNC(=O)c2cccc3c2C(=O)N(c2ccc(OC)cc2)C3)cc1. The molecule has 1 aliphatic heterocycles. The summed E-state index contributed by atoms with van der Waals surface area (Å²) in [5, 5.41) is 2.95. The van der Waals surface area contributed by atoms with E-state index in [4.69, 9.17) is 9.47 Å². The molecule has 164 valence electrons. The lowest BCUT2D eigenvalue weighted by Gasteiger charge is -2.16. The minimum Gasteiger partial charge on any atom is -0.497 e. The van der Waals surface area contributed by atoms with Gasteiger partial charge in [-0.25, -0.2) is 0 Å². The zero-order valence-electron chi connectivity index (χ0n) is 18.3. The van der Waals surface area contributed by atoms with E-state index in [-0.39, 0.29) is 11.8 Å². The van der Waals surface area contributed by atoms with Crippen LogP contribution in [0.2, 0.25) is 0 Å². The number of ether oxygens (including phenoxy) is 2. The maximum atomic E-state index is 13.2. The fourth-order valence-corrected chi connectivity index (χ4v) is 3.86. The second-order valence-corrected chi connectivity index (χ2v) is 7.51. The third-order valence-corrected chi connectivity index (χ3v) is 5.50. The summed E-state index contributed by atoms with van der Waals surface area (Å²) in [6, 6.07) is 20.6. The van der Waals surface area contributed by atoms with Crippen molar-refractivity contribution < 1.29 is 19.1 Å². The predicted octanol–water partition coefficient (Wildman–Crippen LogP) is 4.23. The summed E-state index contributed by atoms with van der Waals surface area (Å²) >= 11 is 0. The molecule has 0 aromatic heterocycles. The van der Waals surface area contributed by atoms with Gasteiger partial charge < -0.3 is 19.7 Å². The number of rotatable bonds is 8. The number of fused-ring (bicyclic) bond motifs is 1. The molecule has 0 atom stereocenters. The average molecular weight is 431 g/mol. The van der Waals surface area contributed by atoms with Crippen LogP contribution in [-0.2, 0) is 13.0 Å². The molecule has 1 aliphatic rings. The minimum absolute atomic E-state index is 0.164. The number of benzene rings is 3. The molecule has 1 N–H and O–H groups in total. The molecular formula is C26H26N2O4. The summed E-state index contributed by atoms with van der Waals surface area (Å²) < 4.78 is 10.6. The third-order valence-electron chi connectivity index (χ3n) is 5.50. The van der Waals surface area contributed by atoms with E-state index in [0.29, 0.717) is 37.2 Å². The van der Waals surface area contributed by atoms with Gasteiger partial charge in [0, 0.05) is 12.2 Å².